The molecule has 0 unspecified atom stereocenters. The number of methoxy groups -OCH3 is 1. The fraction of sp³-hybridized carbons (Fsp3) is 0.292. The van der Waals surface area contributed by atoms with E-state index in [1.807, 2.05) is 39.0 Å². The molecule has 2 aromatic carbocycles. The molecule has 0 aromatic heterocycles. The molecule has 1 saturated heterocycles. The highest BCUT2D eigenvalue weighted by atomic mass is 16.5. The maximum Gasteiger partial charge on any atom is 0.329 e. The minimum Gasteiger partial charge on any atom is -0.493 e. The molecule has 0 saturated carbocycles. The molecule has 2 N–H and O–H groups in total. The number of benzene rings is 2. The minimum atomic E-state index is -0.646. The van der Waals surface area contributed by atoms with Crippen molar-refractivity contribution in [2.45, 2.75) is 33.3 Å². The Morgan fingerprint density at radius 1 is 1.16 bits per heavy atom. The van der Waals surface area contributed by atoms with Gasteiger partial charge in [0, 0.05) is 5.69 Å². The Morgan fingerprint density at radius 2 is 1.91 bits per heavy atom. The molecule has 1 heterocycles. The number of para-hydroxylation sites is 1. The van der Waals surface area contributed by atoms with Crippen LogP contribution in [0.3, 0.4) is 0 Å². The first-order valence-electron chi connectivity index (χ1n) is 10.4. The maximum absolute atomic E-state index is 12.7. The smallest absolute Gasteiger partial charge is 0.329 e. The lowest BCUT2D eigenvalue weighted by molar-refractivity contribution is -0.127. The average molecular weight is 437 g/mol. The zero-order valence-electron chi connectivity index (χ0n) is 18.6. The van der Waals surface area contributed by atoms with Gasteiger partial charge >= 0.3 is 6.03 Å². The van der Waals surface area contributed by atoms with Crippen molar-refractivity contribution in [3.63, 3.8) is 0 Å². The number of amides is 4. The van der Waals surface area contributed by atoms with Gasteiger partial charge in [0.25, 0.3) is 5.91 Å². The zero-order valence-corrected chi connectivity index (χ0v) is 18.6. The monoisotopic (exact) mass is 437 g/mol. The molecule has 1 aliphatic rings. The van der Waals surface area contributed by atoms with Crippen molar-refractivity contribution in [2.24, 2.45) is 0 Å². The van der Waals surface area contributed by atoms with Gasteiger partial charge in [0.2, 0.25) is 5.91 Å². The summed E-state index contributed by atoms with van der Waals surface area (Å²) in [6, 6.07) is 12.0. The average Bonchev–Trinajstić information content (AvgIpc) is 3.02. The second kappa shape index (κ2) is 10.00. The molecular weight excluding hydrogens is 410 g/mol. The molecule has 32 heavy (non-hydrogen) atoms. The third kappa shape index (κ3) is 5.26. The van der Waals surface area contributed by atoms with Crippen molar-refractivity contribution >= 4 is 29.6 Å². The van der Waals surface area contributed by atoms with Crippen LogP contribution in [0.15, 0.2) is 48.2 Å². The first kappa shape index (κ1) is 22.9. The summed E-state index contributed by atoms with van der Waals surface area (Å²) in [6.45, 7) is 5.42. The number of hydrogen-bond donors (Lipinski definition) is 2. The third-order valence-corrected chi connectivity index (χ3v) is 4.80. The quantitative estimate of drug-likeness (QED) is 0.486. The molecule has 0 radical (unpaired) electrons. The van der Waals surface area contributed by atoms with E-state index < -0.39 is 17.8 Å². The van der Waals surface area contributed by atoms with Crippen LogP contribution in [0.25, 0.3) is 6.08 Å². The van der Waals surface area contributed by atoms with Gasteiger partial charge in [0.1, 0.15) is 12.2 Å². The van der Waals surface area contributed by atoms with Crippen LogP contribution in [0.1, 0.15) is 31.9 Å². The van der Waals surface area contributed by atoms with Crippen molar-refractivity contribution in [1.82, 2.24) is 10.2 Å². The molecule has 8 nitrogen and oxygen atoms in total. The lowest BCUT2D eigenvalue weighted by Gasteiger charge is -2.14. The molecule has 0 spiro atoms. The SMILES string of the molecule is CCc1ccccc1NC(=O)CN1C(=O)N/C(=C/c2ccc(OC(C)C)c(OC)c2)C1=O. The zero-order chi connectivity index (χ0) is 23.3. The highest BCUT2D eigenvalue weighted by Gasteiger charge is 2.35. The van der Waals surface area contributed by atoms with Crippen LogP contribution in [0, 0.1) is 0 Å². The van der Waals surface area contributed by atoms with E-state index in [4.69, 9.17) is 9.47 Å². The Morgan fingerprint density at radius 3 is 2.59 bits per heavy atom. The van der Waals surface area contributed by atoms with Crippen LogP contribution in [-0.4, -0.2) is 42.5 Å². The second-order valence-corrected chi connectivity index (χ2v) is 7.52. The van der Waals surface area contributed by atoms with Crippen LogP contribution in [0.2, 0.25) is 0 Å². The molecule has 168 valence electrons. The van der Waals surface area contributed by atoms with Crippen molar-refractivity contribution in [2.75, 3.05) is 19.0 Å². The summed E-state index contributed by atoms with van der Waals surface area (Å²) in [5, 5.41) is 5.29. The van der Waals surface area contributed by atoms with Crippen molar-refractivity contribution in [1.29, 1.82) is 0 Å². The highest BCUT2D eigenvalue weighted by Crippen LogP contribution is 2.30. The number of ether oxygens (including phenoxy) is 2. The molecule has 3 rings (SSSR count). The third-order valence-electron chi connectivity index (χ3n) is 4.80. The molecule has 0 bridgehead atoms. The van der Waals surface area contributed by atoms with Crippen LogP contribution in [0.4, 0.5) is 10.5 Å². The number of urea groups is 1. The fourth-order valence-corrected chi connectivity index (χ4v) is 3.29. The summed E-state index contributed by atoms with van der Waals surface area (Å²) >= 11 is 0. The molecule has 2 aromatic rings. The Bertz CT molecular complexity index is 1060. The van der Waals surface area contributed by atoms with Gasteiger partial charge in [-0.2, -0.15) is 0 Å². The summed E-state index contributed by atoms with van der Waals surface area (Å²) in [4.78, 5) is 38.4. The van der Waals surface area contributed by atoms with E-state index >= 15 is 0 Å². The Kier molecular flexibility index (Phi) is 7.14. The molecule has 0 atom stereocenters. The number of nitrogens with one attached hydrogen (secondary N) is 2. The van der Waals surface area contributed by atoms with Crippen molar-refractivity contribution < 1.29 is 23.9 Å². The van der Waals surface area contributed by atoms with Gasteiger partial charge in [-0.1, -0.05) is 31.2 Å². The Hall–Kier alpha value is -3.81. The van der Waals surface area contributed by atoms with Gasteiger partial charge < -0.3 is 20.1 Å². The lowest BCUT2D eigenvalue weighted by Crippen LogP contribution is -2.38. The van der Waals surface area contributed by atoms with Gasteiger partial charge in [0.05, 0.1) is 13.2 Å². The lowest BCUT2D eigenvalue weighted by atomic mass is 10.1. The largest absolute Gasteiger partial charge is 0.493 e. The fourth-order valence-electron chi connectivity index (χ4n) is 3.29. The highest BCUT2D eigenvalue weighted by molar-refractivity contribution is 6.16. The van der Waals surface area contributed by atoms with Crippen molar-refractivity contribution in [3.05, 3.63) is 59.3 Å². The predicted octanol–water partition coefficient (Wildman–Crippen LogP) is 3.58. The predicted molar refractivity (Wildman–Crippen MR) is 121 cm³/mol. The summed E-state index contributed by atoms with van der Waals surface area (Å²) in [7, 11) is 1.53. The van der Waals surface area contributed by atoms with Crippen molar-refractivity contribution in [3.8, 4) is 11.5 Å². The number of hydrogen-bond acceptors (Lipinski definition) is 5. The van der Waals surface area contributed by atoms with Crippen LogP contribution in [0.5, 0.6) is 11.5 Å². The Balaban J connectivity index is 1.73. The van der Waals surface area contributed by atoms with Gasteiger partial charge in [-0.25, -0.2) is 9.69 Å². The maximum atomic E-state index is 12.7. The molecule has 1 fully saturated rings. The van der Waals surface area contributed by atoms with E-state index in [0.717, 1.165) is 16.9 Å². The van der Waals surface area contributed by atoms with E-state index in [1.165, 1.54) is 13.2 Å². The van der Waals surface area contributed by atoms with E-state index in [1.54, 1.807) is 24.3 Å². The van der Waals surface area contributed by atoms with Gasteiger partial charge in [-0.05, 0) is 55.7 Å². The van der Waals surface area contributed by atoms with E-state index in [9.17, 15) is 14.4 Å². The van der Waals surface area contributed by atoms with Gasteiger partial charge in [0.15, 0.2) is 11.5 Å². The number of carbonyl (C=O) groups excluding carboxylic acids is 3. The number of carbonyl (C=O) groups is 3. The molecule has 1 aliphatic heterocycles. The van der Waals surface area contributed by atoms with E-state index in [-0.39, 0.29) is 18.3 Å². The molecule has 0 aliphatic carbocycles. The minimum absolute atomic E-state index is 0.0206. The summed E-state index contributed by atoms with van der Waals surface area (Å²) in [5.74, 6) is 0.0654. The van der Waals surface area contributed by atoms with E-state index in [2.05, 4.69) is 10.6 Å². The number of imide groups is 1. The summed E-state index contributed by atoms with van der Waals surface area (Å²) in [5.41, 5.74) is 2.36. The number of nitrogens with zero attached hydrogens (tertiary/aromatic N) is 1. The summed E-state index contributed by atoms with van der Waals surface area (Å²) < 4.78 is 11.0. The normalized spacial score (nSPS) is 14.7. The molecular formula is C24H27N3O5. The second-order valence-electron chi connectivity index (χ2n) is 7.52. The number of rotatable bonds is 8. The first-order valence-corrected chi connectivity index (χ1v) is 10.4. The standard InChI is InChI=1S/C24H27N3O5/c1-5-17-8-6-7-9-18(17)25-22(28)14-27-23(29)19(26-24(27)30)12-16-10-11-20(32-15(2)3)21(13-16)31-4/h6-13,15H,5,14H2,1-4H3,(H,25,28)(H,26,30)/b19-12+. The van der Waals surface area contributed by atoms with Crippen LogP contribution in [-0.2, 0) is 16.0 Å². The van der Waals surface area contributed by atoms with Crippen LogP contribution >= 0.6 is 0 Å². The molecule has 8 heteroatoms. The summed E-state index contributed by atoms with van der Waals surface area (Å²) in [6.07, 6.45) is 2.26. The number of aryl methyl sites for hydroxylation is 1. The van der Waals surface area contributed by atoms with Gasteiger partial charge in [-0.3, -0.25) is 9.59 Å². The van der Waals surface area contributed by atoms with Gasteiger partial charge in [-0.15, -0.1) is 0 Å². The number of anilines is 1. The van der Waals surface area contributed by atoms with E-state index in [0.29, 0.717) is 22.7 Å². The molecule has 4 amide bonds. The first-order chi connectivity index (χ1) is 15.3. The van der Waals surface area contributed by atoms with Crippen LogP contribution < -0.4 is 20.1 Å². The topological polar surface area (TPSA) is 97.0 Å². The Labute approximate surface area is 187 Å².